The van der Waals surface area contributed by atoms with Crippen molar-refractivity contribution in [3.63, 3.8) is 0 Å². The Hall–Kier alpha value is -2.26. The van der Waals surface area contributed by atoms with Crippen molar-refractivity contribution in [2.75, 3.05) is 6.26 Å². The van der Waals surface area contributed by atoms with Crippen LogP contribution in [0.4, 0.5) is 13.2 Å². The highest BCUT2D eigenvalue weighted by molar-refractivity contribution is 7.89. The van der Waals surface area contributed by atoms with Crippen molar-refractivity contribution in [3.8, 4) is 11.5 Å². The molecule has 0 atom stereocenters. The highest BCUT2D eigenvalue weighted by Gasteiger charge is 2.34. The molecule has 0 aliphatic carbocycles. The summed E-state index contributed by atoms with van der Waals surface area (Å²) in [5, 5.41) is -0.155. The van der Waals surface area contributed by atoms with Crippen LogP contribution in [0, 0.1) is 0 Å². The topological polar surface area (TPSA) is 72.5 Å². The fourth-order valence-electron chi connectivity index (χ4n) is 1.86. The molecule has 0 aliphatic rings. The fraction of sp³-hybridized carbons (Fsp3) is 0.133. The third kappa shape index (κ3) is 5.10. The Balaban J connectivity index is 2.30. The number of amides is 1. The number of hydrogen-bond acceptors (Lipinski definition) is 4. The molecule has 0 spiro atoms. The van der Waals surface area contributed by atoms with E-state index in [4.69, 9.17) is 16.3 Å². The lowest BCUT2D eigenvalue weighted by Crippen LogP contribution is -2.29. The SMILES string of the molecule is CS(=O)(=O)NC(=O)c1ccc(Oc2ccccc2C(F)(F)F)c(Cl)c1. The maximum atomic E-state index is 13.0. The van der Waals surface area contributed by atoms with E-state index in [0.717, 1.165) is 24.5 Å². The van der Waals surface area contributed by atoms with E-state index >= 15 is 0 Å². The Morgan fingerprint density at radius 1 is 1.12 bits per heavy atom. The van der Waals surface area contributed by atoms with Gasteiger partial charge in [0.05, 0.1) is 16.8 Å². The van der Waals surface area contributed by atoms with E-state index in [2.05, 4.69) is 0 Å². The summed E-state index contributed by atoms with van der Waals surface area (Å²) < 4.78 is 67.9. The van der Waals surface area contributed by atoms with E-state index in [0.29, 0.717) is 0 Å². The van der Waals surface area contributed by atoms with Gasteiger partial charge in [-0.25, -0.2) is 13.1 Å². The molecule has 10 heteroatoms. The van der Waals surface area contributed by atoms with Crippen LogP contribution in [-0.4, -0.2) is 20.6 Å². The molecule has 25 heavy (non-hydrogen) atoms. The van der Waals surface area contributed by atoms with Crippen molar-refractivity contribution >= 4 is 27.5 Å². The molecule has 0 bridgehead atoms. The lowest BCUT2D eigenvalue weighted by atomic mass is 10.2. The average Bonchev–Trinajstić information content (AvgIpc) is 2.47. The van der Waals surface area contributed by atoms with Gasteiger partial charge in [0.15, 0.2) is 0 Å². The van der Waals surface area contributed by atoms with Crippen LogP contribution in [0.15, 0.2) is 42.5 Å². The Kier molecular flexibility index (Phi) is 5.28. The maximum absolute atomic E-state index is 13.0. The number of nitrogens with one attached hydrogen (secondary N) is 1. The molecule has 2 aromatic rings. The Bertz CT molecular complexity index is 913. The molecule has 1 N–H and O–H groups in total. The third-order valence-electron chi connectivity index (χ3n) is 2.88. The third-order valence-corrected chi connectivity index (χ3v) is 3.74. The van der Waals surface area contributed by atoms with E-state index < -0.39 is 33.4 Å². The second-order valence-corrected chi connectivity index (χ2v) is 7.10. The summed E-state index contributed by atoms with van der Waals surface area (Å²) in [5.74, 6) is -1.49. The second-order valence-electron chi connectivity index (χ2n) is 4.94. The number of para-hydroxylation sites is 1. The summed E-state index contributed by atoms with van der Waals surface area (Å²) in [5.41, 5.74) is -1.07. The minimum absolute atomic E-state index is 0.0909. The molecular weight excluding hydrogens is 383 g/mol. The Morgan fingerprint density at radius 2 is 1.76 bits per heavy atom. The lowest BCUT2D eigenvalue weighted by Gasteiger charge is -2.14. The first-order valence-electron chi connectivity index (χ1n) is 6.63. The van der Waals surface area contributed by atoms with Gasteiger partial charge in [-0.2, -0.15) is 13.2 Å². The molecule has 2 aromatic carbocycles. The lowest BCUT2D eigenvalue weighted by molar-refractivity contribution is -0.138. The van der Waals surface area contributed by atoms with Crippen LogP contribution in [0.25, 0.3) is 0 Å². The van der Waals surface area contributed by atoms with E-state index in [-0.39, 0.29) is 16.3 Å². The van der Waals surface area contributed by atoms with Gasteiger partial charge in [0.25, 0.3) is 5.91 Å². The van der Waals surface area contributed by atoms with E-state index in [9.17, 15) is 26.4 Å². The molecular formula is C15H11ClF3NO4S. The fourth-order valence-corrected chi connectivity index (χ4v) is 2.53. The summed E-state index contributed by atoms with van der Waals surface area (Å²) >= 11 is 5.93. The zero-order valence-corrected chi connectivity index (χ0v) is 14.2. The van der Waals surface area contributed by atoms with Crippen LogP contribution in [0.5, 0.6) is 11.5 Å². The molecule has 0 aromatic heterocycles. The van der Waals surface area contributed by atoms with Crippen LogP contribution >= 0.6 is 11.6 Å². The maximum Gasteiger partial charge on any atom is 0.419 e. The largest absolute Gasteiger partial charge is 0.455 e. The number of hydrogen-bond donors (Lipinski definition) is 1. The van der Waals surface area contributed by atoms with Crippen LogP contribution in [0.1, 0.15) is 15.9 Å². The van der Waals surface area contributed by atoms with Gasteiger partial charge >= 0.3 is 6.18 Å². The van der Waals surface area contributed by atoms with E-state index in [1.165, 1.54) is 24.3 Å². The zero-order valence-electron chi connectivity index (χ0n) is 12.6. The van der Waals surface area contributed by atoms with Crippen molar-refractivity contribution in [3.05, 3.63) is 58.6 Å². The molecule has 0 radical (unpaired) electrons. The minimum Gasteiger partial charge on any atom is -0.455 e. The van der Waals surface area contributed by atoms with Crippen LogP contribution < -0.4 is 9.46 Å². The summed E-state index contributed by atoms with van der Waals surface area (Å²) in [4.78, 5) is 11.7. The van der Waals surface area contributed by atoms with Gasteiger partial charge < -0.3 is 4.74 Å². The zero-order chi connectivity index (χ0) is 18.8. The normalized spacial score (nSPS) is 11.9. The molecule has 0 heterocycles. The molecule has 0 saturated heterocycles. The van der Waals surface area contributed by atoms with Gasteiger partial charge in [-0.05, 0) is 30.3 Å². The number of rotatable bonds is 4. The minimum atomic E-state index is -4.61. The smallest absolute Gasteiger partial charge is 0.419 e. The second kappa shape index (κ2) is 6.93. The summed E-state index contributed by atoms with van der Waals surface area (Å²) in [6.45, 7) is 0. The van der Waals surface area contributed by atoms with E-state index in [1.807, 2.05) is 0 Å². The summed E-state index contributed by atoms with van der Waals surface area (Å²) in [7, 11) is -3.76. The predicted molar refractivity (Wildman–Crippen MR) is 85.3 cm³/mol. The van der Waals surface area contributed by atoms with Crippen molar-refractivity contribution in [1.82, 2.24) is 4.72 Å². The van der Waals surface area contributed by atoms with Crippen molar-refractivity contribution in [1.29, 1.82) is 0 Å². The Morgan fingerprint density at radius 3 is 2.32 bits per heavy atom. The number of carbonyl (C=O) groups is 1. The molecule has 2 rings (SSSR count). The number of carbonyl (C=O) groups excluding carboxylic acids is 1. The molecule has 134 valence electrons. The number of alkyl halides is 3. The van der Waals surface area contributed by atoms with Crippen LogP contribution in [-0.2, 0) is 16.2 Å². The van der Waals surface area contributed by atoms with Gasteiger partial charge in [-0.1, -0.05) is 23.7 Å². The molecule has 0 unspecified atom stereocenters. The van der Waals surface area contributed by atoms with Gasteiger partial charge in [0.2, 0.25) is 10.0 Å². The van der Waals surface area contributed by atoms with Crippen LogP contribution in [0.3, 0.4) is 0 Å². The van der Waals surface area contributed by atoms with Crippen LogP contribution in [0.2, 0.25) is 5.02 Å². The molecule has 0 fully saturated rings. The highest BCUT2D eigenvalue weighted by Crippen LogP contribution is 2.39. The highest BCUT2D eigenvalue weighted by atomic mass is 35.5. The monoisotopic (exact) mass is 393 g/mol. The molecule has 0 saturated carbocycles. The standard InChI is InChI=1S/C15H11ClF3NO4S/c1-25(22,23)20-14(21)9-6-7-13(11(16)8-9)24-12-5-3-2-4-10(12)15(17,18)19/h2-8H,1H3,(H,20,21). The first kappa shape index (κ1) is 19.1. The average molecular weight is 394 g/mol. The van der Waals surface area contributed by atoms with Gasteiger partial charge in [-0.3, -0.25) is 4.79 Å². The summed E-state index contributed by atoms with van der Waals surface area (Å²) in [6, 6.07) is 8.01. The van der Waals surface area contributed by atoms with E-state index in [1.54, 1.807) is 4.72 Å². The summed E-state index contributed by atoms with van der Waals surface area (Å²) in [6.07, 6.45) is -3.81. The predicted octanol–water partition coefficient (Wildman–Crippen LogP) is 3.84. The Labute approximate surface area is 146 Å². The first-order valence-corrected chi connectivity index (χ1v) is 8.90. The van der Waals surface area contributed by atoms with Crippen molar-refractivity contribution in [2.45, 2.75) is 6.18 Å². The van der Waals surface area contributed by atoms with Gasteiger partial charge in [-0.15, -0.1) is 0 Å². The van der Waals surface area contributed by atoms with Gasteiger partial charge in [0, 0.05) is 5.56 Å². The number of ether oxygens (including phenoxy) is 1. The quantitative estimate of drug-likeness (QED) is 0.856. The van der Waals surface area contributed by atoms with Gasteiger partial charge in [0.1, 0.15) is 11.5 Å². The number of sulfonamides is 1. The molecule has 1 amide bonds. The first-order chi connectivity index (χ1) is 11.5. The number of halogens is 4. The number of benzene rings is 2. The molecule has 0 aliphatic heterocycles. The van der Waals surface area contributed by atoms with Crippen molar-refractivity contribution in [2.24, 2.45) is 0 Å². The molecule has 5 nitrogen and oxygen atoms in total. The van der Waals surface area contributed by atoms with Crippen molar-refractivity contribution < 1.29 is 31.1 Å².